The third-order valence-electron chi connectivity index (χ3n) is 3.49. The van der Waals surface area contributed by atoms with E-state index in [1.165, 1.54) is 0 Å². The molecule has 0 unspecified atom stereocenters. The van der Waals surface area contributed by atoms with E-state index in [0.717, 1.165) is 31.0 Å². The van der Waals surface area contributed by atoms with E-state index >= 15 is 0 Å². The van der Waals surface area contributed by atoms with E-state index in [9.17, 15) is 14.0 Å². The lowest BCUT2D eigenvalue weighted by atomic mass is 9.99. The molecule has 1 aliphatic rings. The van der Waals surface area contributed by atoms with Crippen LogP contribution in [0, 0.1) is 11.7 Å². The van der Waals surface area contributed by atoms with E-state index in [0.29, 0.717) is 5.92 Å². The van der Waals surface area contributed by atoms with Crippen molar-refractivity contribution in [3.63, 3.8) is 0 Å². The van der Waals surface area contributed by atoms with Crippen LogP contribution in [0.2, 0.25) is 0 Å². The fourth-order valence-electron chi connectivity index (χ4n) is 2.16. The molecule has 0 aliphatic heterocycles. The Hall–Kier alpha value is -2.11. The van der Waals surface area contributed by atoms with Crippen molar-refractivity contribution in [2.45, 2.75) is 32.2 Å². The molecular formula is C14H17FN2O3. The Labute approximate surface area is 116 Å². The molecule has 5 nitrogen and oxygen atoms in total. The Kier molecular flexibility index (Phi) is 3.65. The largest absolute Gasteiger partial charge is 0.478 e. The zero-order valence-electron chi connectivity index (χ0n) is 11.4. The van der Waals surface area contributed by atoms with Crippen LogP contribution in [0.1, 0.15) is 37.0 Å². The zero-order chi connectivity index (χ0) is 14.9. The number of carbonyl (C=O) groups is 2. The van der Waals surface area contributed by atoms with Gasteiger partial charge in [-0.3, -0.25) is 0 Å². The van der Waals surface area contributed by atoms with Gasteiger partial charge in [0, 0.05) is 5.54 Å². The van der Waals surface area contributed by atoms with E-state index in [2.05, 4.69) is 10.6 Å². The number of halogens is 1. The molecule has 1 saturated carbocycles. The van der Waals surface area contributed by atoms with Crippen LogP contribution in [-0.4, -0.2) is 22.6 Å². The quantitative estimate of drug-likeness (QED) is 0.793. The summed E-state index contributed by atoms with van der Waals surface area (Å²) in [6.45, 7) is 3.82. The lowest BCUT2D eigenvalue weighted by Crippen LogP contribution is -2.47. The number of hydrogen-bond acceptors (Lipinski definition) is 2. The van der Waals surface area contributed by atoms with Crippen molar-refractivity contribution < 1.29 is 19.1 Å². The topological polar surface area (TPSA) is 78.4 Å². The fourth-order valence-corrected chi connectivity index (χ4v) is 2.16. The number of nitrogens with one attached hydrogen (secondary N) is 2. The minimum absolute atomic E-state index is 0.0541. The Morgan fingerprint density at radius 2 is 2.00 bits per heavy atom. The summed E-state index contributed by atoms with van der Waals surface area (Å²) in [6, 6.07) is 2.63. The molecule has 20 heavy (non-hydrogen) atoms. The summed E-state index contributed by atoms with van der Waals surface area (Å²) < 4.78 is 13.2. The highest BCUT2D eigenvalue weighted by atomic mass is 19.1. The van der Waals surface area contributed by atoms with Crippen molar-refractivity contribution in [2.24, 2.45) is 5.92 Å². The zero-order valence-corrected chi connectivity index (χ0v) is 11.4. The fraction of sp³-hybridized carbons (Fsp3) is 0.429. The average molecular weight is 280 g/mol. The molecule has 0 aromatic heterocycles. The van der Waals surface area contributed by atoms with Gasteiger partial charge in [-0.1, -0.05) is 0 Å². The molecule has 6 heteroatoms. The summed E-state index contributed by atoms with van der Waals surface area (Å²) in [6.07, 6.45) is 2.13. The lowest BCUT2D eigenvalue weighted by molar-refractivity contribution is 0.0698. The van der Waals surface area contributed by atoms with Gasteiger partial charge in [-0.05, 0) is 50.8 Å². The molecule has 2 rings (SSSR count). The molecule has 1 fully saturated rings. The van der Waals surface area contributed by atoms with Gasteiger partial charge >= 0.3 is 12.0 Å². The molecule has 0 radical (unpaired) electrons. The van der Waals surface area contributed by atoms with Crippen LogP contribution in [-0.2, 0) is 0 Å². The normalized spacial score (nSPS) is 14.8. The van der Waals surface area contributed by atoms with E-state index in [-0.39, 0.29) is 16.8 Å². The average Bonchev–Trinajstić information content (AvgIpc) is 3.11. The first-order chi connectivity index (χ1) is 9.29. The van der Waals surface area contributed by atoms with Crippen LogP contribution in [0.15, 0.2) is 18.2 Å². The Balaban J connectivity index is 2.11. The molecule has 1 aromatic rings. The molecule has 1 aliphatic carbocycles. The van der Waals surface area contributed by atoms with Crippen molar-refractivity contribution in [3.8, 4) is 0 Å². The number of rotatable bonds is 4. The summed E-state index contributed by atoms with van der Waals surface area (Å²) in [4.78, 5) is 22.9. The number of benzene rings is 1. The Morgan fingerprint density at radius 1 is 1.35 bits per heavy atom. The highest BCUT2D eigenvalue weighted by Crippen LogP contribution is 2.39. The highest BCUT2D eigenvalue weighted by Gasteiger charge is 2.38. The van der Waals surface area contributed by atoms with E-state index in [1.54, 1.807) is 0 Å². The number of urea groups is 1. The number of anilines is 1. The third kappa shape index (κ3) is 3.26. The summed E-state index contributed by atoms with van der Waals surface area (Å²) in [7, 11) is 0. The van der Waals surface area contributed by atoms with Crippen molar-refractivity contribution in [1.29, 1.82) is 0 Å². The maximum Gasteiger partial charge on any atom is 0.337 e. The SMILES string of the molecule is CC(C)(NC(=O)Nc1cc(F)ccc1C(=O)O)C1CC1. The molecule has 2 amide bonds. The van der Waals surface area contributed by atoms with Crippen molar-refractivity contribution in [1.82, 2.24) is 5.32 Å². The molecule has 108 valence electrons. The first kappa shape index (κ1) is 14.3. The maximum atomic E-state index is 13.2. The Bertz CT molecular complexity index is 553. The third-order valence-corrected chi connectivity index (χ3v) is 3.49. The van der Waals surface area contributed by atoms with Gasteiger partial charge in [0.2, 0.25) is 0 Å². The summed E-state index contributed by atoms with van der Waals surface area (Å²) in [5, 5.41) is 14.2. The van der Waals surface area contributed by atoms with E-state index in [4.69, 9.17) is 5.11 Å². The van der Waals surface area contributed by atoms with Gasteiger partial charge in [0.25, 0.3) is 0 Å². The van der Waals surface area contributed by atoms with Gasteiger partial charge in [0.05, 0.1) is 11.3 Å². The first-order valence-electron chi connectivity index (χ1n) is 6.41. The van der Waals surface area contributed by atoms with Crippen LogP contribution < -0.4 is 10.6 Å². The summed E-state index contributed by atoms with van der Waals surface area (Å²) in [5.74, 6) is -1.40. The molecule has 0 atom stereocenters. The van der Waals surface area contributed by atoms with Gasteiger partial charge in [-0.15, -0.1) is 0 Å². The minimum Gasteiger partial charge on any atom is -0.478 e. The van der Waals surface area contributed by atoms with Crippen LogP contribution in [0.3, 0.4) is 0 Å². The summed E-state index contributed by atoms with van der Waals surface area (Å²) in [5.41, 5.74) is -0.562. The van der Waals surface area contributed by atoms with Crippen LogP contribution >= 0.6 is 0 Å². The smallest absolute Gasteiger partial charge is 0.337 e. The number of carboxylic acid groups (broad SMARTS) is 1. The maximum absolute atomic E-state index is 13.2. The van der Waals surface area contributed by atoms with Gasteiger partial charge in [-0.25, -0.2) is 14.0 Å². The molecule has 1 aromatic carbocycles. The predicted octanol–water partition coefficient (Wildman–Crippen LogP) is 2.83. The number of carbonyl (C=O) groups excluding carboxylic acids is 1. The molecule has 0 bridgehead atoms. The molecule has 3 N–H and O–H groups in total. The lowest BCUT2D eigenvalue weighted by Gasteiger charge is -2.26. The number of carboxylic acids is 1. The van der Waals surface area contributed by atoms with Gasteiger partial charge in [0.15, 0.2) is 0 Å². The van der Waals surface area contributed by atoms with E-state index in [1.807, 2.05) is 13.8 Å². The van der Waals surface area contributed by atoms with Gasteiger partial charge in [0.1, 0.15) is 5.82 Å². The first-order valence-corrected chi connectivity index (χ1v) is 6.41. The van der Waals surface area contributed by atoms with Gasteiger partial charge < -0.3 is 15.7 Å². The number of aromatic carboxylic acids is 1. The molecule has 0 heterocycles. The Morgan fingerprint density at radius 3 is 2.55 bits per heavy atom. The standard InChI is InChI=1S/C14H17FN2O3/c1-14(2,8-3-4-8)17-13(20)16-11-7-9(15)5-6-10(11)12(18)19/h5-8H,3-4H2,1-2H3,(H,18,19)(H2,16,17,20). The minimum atomic E-state index is -1.22. The highest BCUT2D eigenvalue weighted by molar-refractivity contribution is 6.00. The predicted molar refractivity (Wildman–Crippen MR) is 72.3 cm³/mol. The second kappa shape index (κ2) is 5.11. The number of hydrogen-bond donors (Lipinski definition) is 3. The summed E-state index contributed by atoms with van der Waals surface area (Å²) >= 11 is 0. The van der Waals surface area contributed by atoms with Gasteiger partial charge in [-0.2, -0.15) is 0 Å². The van der Waals surface area contributed by atoms with Crippen molar-refractivity contribution >= 4 is 17.7 Å². The van der Waals surface area contributed by atoms with Crippen LogP contribution in [0.5, 0.6) is 0 Å². The second-order valence-corrected chi connectivity index (χ2v) is 5.57. The van der Waals surface area contributed by atoms with E-state index < -0.39 is 17.8 Å². The van der Waals surface area contributed by atoms with Crippen LogP contribution in [0.25, 0.3) is 0 Å². The van der Waals surface area contributed by atoms with Crippen molar-refractivity contribution in [3.05, 3.63) is 29.6 Å². The molecule has 0 saturated heterocycles. The monoisotopic (exact) mass is 280 g/mol. The van der Waals surface area contributed by atoms with Crippen LogP contribution in [0.4, 0.5) is 14.9 Å². The molecular weight excluding hydrogens is 263 g/mol. The second-order valence-electron chi connectivity index (χ2n) is 5.57. The molecule has 0 spiro atoms. The number of amides is 2. The van der Waals surface area contributed by atoms with Crippen molar-refractivity contribution in [2.75, 3.05) is 5.32 Å².